The van der Waals surface area contributed by atoms with E-state index in [4.69, 9.17) is 15.2 Å². The standard InChI is InChI=1S/C17H26N2O3/c1-4-5-14(18)12-8-11(2)9-13-15(6-7-22-17(12)13)19-16(20)10-21-3/h8-9,14-15H,4-7,10,18H2,1-3H3,(H,19,20). The summed E-state index contributed by atoms with van der Waals surface area (Å²) < 4.78 is 10.8. The molecule has 0 aliphatic carbocycles. The zero-order valence-electron chi connectivity index (χ0n) is 13.6. The molecule has 2 unspecified atom stereocenters. The van der Waals surface area contributed by atoms with Crippen LogP contribution in [0.2, 0.25) is 0 Å². The molecule has 1 aromatic carbocycles. The van der Waals surface area contributed by atoms with E-state index in [2.05, 4.69) is 24.4 Å². The summed E-state index contributed by atoms with van der Waals surface area (Å²) in [5.41, 5.74) is 9.51. The van der Waals surface area contributed by atoms with Crippen molar-refractivity contribution in [1.29, 1.82) is 0 Å². The first-order valence-electron chi connectivity index (χ1n) is 7.88. The maximum atomic E-state index is 11.8. The molecule has 0 fully saturated rings. The summed E-state index contributed by atoms with van der Waals surface area (Å²) in [6.07, 6.45) is 2.70. The molecule has 22 heavy (non-hydrogen) atoms. The molecule has 122 valence electrons. The van der Waals surface area contributed by atoms with E-state index in [9.17, 15) is 4.79 Å². The van der Waals surface area contributed by atoms with Gasteiger partial charge in [-0.3, -0.25) is 4.79 Å². The van der Waals surface area contributed by atoms with Crippen molar-refractivity contribution >= 4 is 5.91 Å². The van der Waals surface area contributed by atoms with Crippen molar-refractivity contribution in [2.45, 2.75) is 45.2 Å². The van der Waals surface area contributed by atoms with Crippen molar-refractivity contribution in [3.05, 3.63) is 28.8 Å². The van der Waals surface area contributed by atoms with Crippen LogP contribution in [0.15, 0.2) is 12.1 Å². The summed E-state index contributed by atoms with van der Waals surface area (Å²) in [6.45, 7) is 4.82. The monoisotopic (exact) mass is 306 g/mol. The fourth-order valence-electron chi connectivity index (χ4n) is 2.95. The lowest BCUT2D eigenvalue weighted by Crippen LogP contribution is -2.34. The summed E-state index contributed by atoms with van der Waals surface area (Å²) in [5, 5.41) is 3.02. The number of methoxy groups -OCH3 is 1. The number of aryl methyl sites for hydroxylation is 1. The molecular weight excluding hydrogens is 280 g/mol. The minimum absolute atomic E-state index is 0.0351. The lowest BCUT2D eigenvalue weighted by molar-refractivity contribution is -0.125. The minimum atomic E-state index is -0.110. The van der Waals surface area contributed by atoms with Crippen molar-refractivity contribution in [3.8, 4) is 5.75 Å². The Hall–Kier alpha value is -1.59. The summed E-state index contributed by atoms with van der Waals surface area (Å²) in [5.74, 6) is 0.738. The number of nitrogens with one attached hydrogen (secondary N) is 1. The molecule has 0 spiro atoms. The molecule has 1 aliphatic rings. The van der Waals surface area contributed by atoms with Gasteiger partial charge in [0.25, 0.3) is 0 Å². The molecule has 0 saturated heterocycles. The third-order valence-electron chi connectivity index (χ3n) is 3.93. The Bertz CT molecular complexity index is 531. The number of hydrogen-bond acceptors (Lipinski definition) is 4. The minimum Gasteiger partial charge on any atom is -0.493 e. The van der Waals surface area contributed by atoms with Gasteiger partial charge in [0, 0.05) is 30.7 Å². The quantitative estimate of drug-likeness (QED) is 0.846. The first-order valence-corrected chi connectivity index (χ1v) is 7.88. The molecule has 2 rings (SSSR count). The Balaban J connectivity index is 2.32. The first-order chi connectivity index (χ1) is 10.6. The van der Waals surface area contributed by atoms with E-state index >= 15 is 0 Å². The van der Waals surface area contributed by atoms with Gasteiger partial charge in [-0.15, -0.1) is 0 Å². The van der Waals surface area contributed by atoms with E-state index in [1.54, 1.807) is 0 Å². The number of carbonyl (C=O) groups is 1. The molecule has 5 heteroatoms. The molecule has 0 saturated carbocycles. The Morgan fingerprint density at radius 1 is 1.55 bits per heavy atom. The van der Waals surface area contributed by atoms with Gasteiger partial charge in [0.15, 0.2) is 0 Å². The van der Waals surface area contributed by atoms with Gasteiger partial charge in [0.2, 0.25) is 5.91 Å². The van der Waals surface area contributed by atoms with Gasteiger partial charge in [-0.05, 0) is 13.3 Å². The Labute approximate surface area is 132 Å². The van der Waals surface area contributed by atoms with E-state index in [-0.39, 0.29) is 24.6 Å². The Morgan fingerprint density at radius 2 is 2.32 bits per heavy atom. The van der Waals surface area contributed by atoms with Gasteiger partial charge in [0.1, 0.15) is 12.4 Å². The Kier molecular flexibility index (Phi) is 5.80. The number of ether oxygens (including phenoxy) is 2. The lowest BCUT2D eigenvalue weighted by atomic mass is 9.91. The van der Waals surface area contributed by atoms with E-state index in [0.717, 1.165) is 41.7 Å². The van der Waals surface area contributed by atoms with Crippen LogP contribution in [0.25, 0.3) is 0 Å². The number of carbonyl (C=O) groups excluding carboxylic acids is 1. The van der Waals surface area contributed by atoms with Crippen LogP contribution >= 0.6 is 0 Å². The van der Waals surface area contributed by atoms with Crippen LogP contribution in [0.1, 0.15) is 55.0 Å². The Morgan fingerprint density at radius 3 is 3.00 bits per heavy atom. The highest BCUT2D eigenvalue weighted by Gasteiger charge is 2.27. The van der Waals surface area contributed by atoms with Gasteiger partial charge < -0.3 is 20.5 Å². The van der Waals surface area contributed by atoms with Crippen LogP contribution in [0.5, 0.6) is 5.75 Å². The van der Waals surface area contributed by atoms with Gasteiger partial charge in [-0.25, -0.2) is 0 Å². The number of benzene rings is 1. The second kappa shape index (κ2) is 7.61. The number of hydrogen-bond donors (Lipinski definition) is 2. The van der Waals surface area contributed by atoms with E-state index < -0.39 is 0 Å². The SMILES string of the molecule is CCCC(N)c1cc(C)cc2c1OCCC2NC(=O)COC. The predicted molar refractivity (Wildman–Crippen MR) is 85.9 cm³/mol. The highest BCUT2D eigenvalue weighted by atomic mass is 16.5. The van der Waals surface area contributed by atoms with Crippen LogP contribution < -0.4 is 15.8 Å². The first kappa shape index (κ1) is 16.8. The third kappa shape index (κ3) is 3.78. The predicted octanol–water partition coefficient (Wildman–Crippen LogP) is 2.38. The normalized spacial score (nSPS) is 18.3. The molecular formula is C17H26N2O3. The number of nitrogens with two attached hydrogens (primary N) is 1. The molecule has 0 radical (unpaired) electrons. The fraction of sp³-hybridized carbons (Fsp3) is 0.588. The van der Waals surface area contributed by atoms with Crippen LogP contribution in [-0.4, -0.2) is 26.2 Å². The average molecular weight is 306 g/mol. The van der Waals surface area contributed by atoms with E-state index in [1.807, 2.05) is 6.92 Å². The molecule has 1 aliphatic heterocycles. The molecule has 2 atom stereocenters. The van der Waals surface area contributed by atoms with E-state index in [1.165, 1.54) is 7.11 Å². The smallest absolute Gasteiger partial charge is 0.246 e. The van der Waals surface area contributed by atoms with E-state index in [0.29, 0.717) is 6.61 Å². The van der Waals surface area contributed by atoms with Crippen molar-refractivity contribution in [3.63, 3.8) is 0 Å². The van der Waals surface area contributed by atoms with Crippen LogP contribution in [0.3, 0.4) is 0 Å². The van der Waals surface area contributed by atoms with Crippen molar-refractivity contribution in [2.75, 3.05) is 20.3 Å². The van der Waals surface area contributed by atoms with Crippen LogP contribution in [0, 0.1) is 6.92 Å². The summed E-state index contributed by atoms with van der Waals surface area (Å²) in [7, 11) is 1.52. The van der Waals surface area contributed by atoms with Gasteiger partial charge >= 0.3 is 0 Å². The highest BCUT2D eigenvalue weighted by molar-refractivity contribution is 5.78. The van der Waals surface area contributed by atoms with Crippen molar-refractivity contribution in [2.24, 2.45) is 5.73 Å². The maximum Gasteiger partial charge on any atom is 0.246 e. The summed E-state index contributed by atoms with van der Waals surface area (Å²) >= 11 is 0. The largest absolute Gasteiger partial charge is 0.493 e. The van der Waals surface area contributed by atoms with Crippen molar-refractivity contribution in [1.82, 2.24) is 5.32 Å². The molecule has 1 amide bonds. The number of rotatable bonds is 6. The third-order valence-corrected chi connectivity index (χ3v) is 3.93. The molecule has 3 N–H and O–H groups in total. The fourth-order valence-corrected chi connectivity index (χ4v) is 2.95. The molecule has 1 heterocycles. The molecule has 0 bridgehead atoms. The second-order valence-corrected chi connectivity index (χ2v) is 5.86. The van der Waals surface area contributed by atoms with Gasteiger partial charge in [-0.2, -0.15) is 0 Å². The highest BCUT2D eigenvalue weighted by Crippen LogP contribution is 2.39. The van der Waals surface area contributed by atoms with Gasteiger partial charge in [-0.1, -0.05) is 31.0 Å². The lowest BCUT2D eigenvalue weighted by Gasteiger charge is -2.30. The summed E-state index contributed by atoms with van der Waals surface area (Å²) in [4.78, 5) is 11.8. The molecule has 5 nitrogen and oxygen atoms in total. The average Bonchev–Trinajstić information content (AvgIpc) is 2.47. The van der Waals surface area contributed by atoms with Gasteiger partial charge in [0.05, 0.1) is 12.6 Å². The maximum absolute atomic E-state index is 11.8. The number of fused-ring (bicyclic) bond motifs is 1. The van der Waals surface area contributed by atoms with Crippen molar-refractivity contribution < 1.29 is 14.3 Å². The van der Waals surface area contributed by atoms with Crippen LogP contribution in [0.4, 0.5) is 0 Å². The zero-order chi connectivity index (χ0) is 16.1. The summed E-state index contributed by atoms with van der Waals surface area (Å²) in [6, 6.07) is 4.10. The van der Waals surface area contributed by atoms with Crippen LogP contribution in [-0.2, 0) is 9.53 Å². The topological polar surface area (TPSA) is 73.6 Å². The molecule has 0 aromatic heterocycles. The zero-order valence-corrected chi connectivity index (χ0v) is 13.6. The second-order valence-electron chi connectivity index (χ2n) is 5.86. The molecule has 1 aromatic rings. The number of amides is 1.